The van der Waals surface area contributed by atoms with Gasteiger partial charge in [0.25, 0.3) is 5.91 Å². The van der Waals surface area contributed by atoms with Crippen molar-refractivity contribution in [2.45, 2.75) is 35.1 Å². The summed E-state index contributed by atoms with van der Waals surface area (Å²) in [6.45, 7) is 2.09. The average molecular weight is 641 g/mol. The number of para-hydroxylation sites is 3. The number of carbonyl (C=O) groups is 1. The monoisotopic (exact) mass is 640 g/mol. The van der Waals surface area contributed by atoms with Crippen LogP contribution in [-0.2, 0) is 10.3 Å². The number of ether oxygens (including phenoxy) is 2. The average Bonchev–Trinajstić information content (AvgIpc) is 3.21. The quantitative estimate of drug-likeness (QED) is 0.170. The molecule has 0 radical (unpaired) electrons. The number of rotatable bonds is 6. The molecule has 6 aromatic rings. The fourth-order valence-corrected chi connectivity index (χ4v) is 8.12. The van der Waals surface area contributed by atoms with E-state index in [1.807, 2.05) is 114 Å². The zero-order valence-electron chi connectivity index (χ0n) is 25.0. The lowest BCUT2D eigenvalue weighted by Gasteiger charge is -2.57. The number of anilines is 1. The summed E-state index contributed by atoms with van der Waals surface area (Å²) in [5, 5.41) is 1.51. The van der Waals surface area contributed by atoms with Crippen molar-refractivity contribution in [3.8, 4) is 17.4 Å². The second-order valence-corrected chi connectivity index (χ2v) is 13.4. The number of thioether (sulfide) groups is 1. The molecule has 5 aromatic carbocycles. The summed E-state index contributed by atoms with van der Waals surface area (Å²) in [7, 11) is 0. The highest BCUT2D eigenvalue weighted by Crippen LogP contribution is 2.60. The standard InChI is InChI=1S/C39H29ClN2O3S/c1-25-16-21-32-26(22-25)23-31(37(41-32)45-30-12-6-3-7-13-30)35-24-39(27-17-19-28(40)20-18-27)36(44-29-10-4-2-5-11-29)38(43)42(39)33-14-8-9-15-34(33)46-35/h2-23,35-36H,24H2,1H3. The molecule has 1 amide bonds. The van der Waals surface area contributed by atoms with E-state index in [-0.39, 0.29) is 11.2 Å². The highest BCUT2D eigenvalue weighted by molar-refractivity contribution is 7.99. The molecule has 1 saturated heterocycles. The summed E-state index contributed by atoms with van der Waals surface area (Å²) in [5.74, 6) is 1.82. The third kappa shape index (κ3) is 4.89. The van der Waals surface area contributed by atoms with Crippen LogP contribution in [0.5, 0.6) is 17.4 Å². The van der Waals surface area contributed by atoms with Gasteiger partial charge in [-0.3, -0.25) is 9.69 Å². The SMILES string of the molecule is Cc1ccc2nc(Oc3ccccc3)c(C3CC4(c5ccc(Cl)cc5)C(Oc5ccccc5)C(=O)N4c4ccccc4S3)cc2c1. The highest BCUT2D eigenvalue weighted by Gasteiger charge is 2.65. The van der Waals surface area contributed by atoms with E-state index < -0.39 is 11.6 Å². The topological polar surface area (TPSA) is 51.7 Å². The van der Waals surface area contributed by atoms with Crippen molar-refractivity contribution in [3.63, 3.8) is 0 Å². The molecular weight excluding hydrogens is 612 g/mol. The molecule has 7 heteroatoms. The number of amides is 1. The predicted octanol–water partition coefficient (Wildman–Crippen LogP) is 9.92. The number of nitrogens with zero attached hydrogens (tertiary/aromatic N) is 2. The summed E-state index contributed by atoms with van der Waals surface area (Å²) < 4.78 is 13.2. The first kappa shape index (κ1) is 28.7. The van der Waals surface area contributed by atoms with Gasteiger partial charge in [-0.2, -0.15) is 0 Å². The van der Waals surface area contributed by atoms with Gasteiger partial charge in [-0.25, -0.2) is 4.98 Å². The van der Waals surface area contributed by atoms with Crippen molar-refractivity contribution in [1.82, 2.24) is 4.98 Å². The van der Waals surface area contributed by atoms with Gasteiger partial charge in [0, 0.05) is 26.1 Å². The van der Waals surface area contributed by atoms with E-state index in [4.69, 9.17) is 26.1 Å². The largest absolute Gasteiger partial charge is 0.478 e. The Morgan fingerprint density at radius 1 is 0.826 bits per heavy atom. The minimum atomic E-state index is -0.840. The zero-order valence-corrected chi connectivity index (χ0v) is 26.5. The number of pyridine rings is 1. The molecule has 2 aliphatic heterocycles. The summed E-state index contributed by atoms with van der Waals surface area (Å²) in [6.07, 6.45) is -0.221. The molecule has 3 unspecified atom stereocenters. The molecular formula is C39H29ClN2O3S. The Bertz CT molecular complexity index is 2070. The lowest BCUT2D eigenvalue weighted by Crippen LogP contribution is -2.74. The number of hydrogen-bond donors (Lipinski definition) is 0. The first-order valence-corrected chi connectivity index (χ1v) is 16.5. The van der Waals surface area contributed by atoms with Gasteiger partial charge in [-0.1, -0.05) is 83.9 Å². The molecule has 0 N–H and O–H groups in total. The van der Waals surface area contributed by atoms with E-state index >= 15 is 0 Å². The van der Waals surface area contributed by atoms with Gasteiger partial charge in [0.05, 0.1) is 11.2 Å². The highest BCUT2D eigenvalue weighted by atomic mass is 35.5. The van der Waals surface area contributed by atoms with Crippen molar-refractivity contribution < 1.29 is 14.3 Å². The maximum absolute atomic E-state index is 14.3. The van der Waals surface area contributed by atoms with Gasteiger partial charge in [0.2, 0.25) is 12.0 Å². The Morgan fingerprint density at radius 3 is 2.28 bits per heavy atom. The number of carbonyl (C=O) groups excluding carboxylic acids is 1. The molecule has 2 aliphatic rings. The number of benzene rings is 5. The lowest BCUT2D eigenvalue weighted by molar-refractivity contribution is -0.142. The van der Waals surface area contributed by atoms with Crippen LogP contribution in [0.15, 0.2) is 138 Å². The van der Waals surface area contributed by atoms with Crippen LogP contribution in [0.4, 0.5) is 5.69 Å². The Morgan fingerprint density at radius 2 is 1.52 bits per heavy atom. The Labute approximate surface area is 276 Å². The van der Waals surface area contributed by atoms with Gasteiger partial charge in [-0.15, -0.1) is 11.8 Å². The Balaban J connectivity index is 1.34. The van der Waals surface area contributed by atoms with Gasteiger partial charge >= 0.3 is 0 Å². The molecule has 5 nitrogen and oxygen atoms in total. The molecule has 0 bridgehead atoms. The van der Waals surface area contributed by atoms with Gasteiger partial charge in [0.1, 0.15) is 17.0 Å². The van der Waals surface area contributed by atoms with Crippen molar-refractivity contribution in [2.75, 3.05) is 4.90 Å². The van der Waals surface area contributed by atoms with E-state index in [0.29, 0.717) is 28.8 Å². The molecule has 0 spiro atoms. The summed E-state index contributed by atoms with van der Waals surface area (Å²) >= 11 is 8.14. The van der Waals surface area contributed by atoms with Crippen LogP contribution in [-0.4, -0.2) is 17.0 Å². The number of aryl methyl sites for hydroxylation is 1. The second-order valence-electron chi connectivity index (χ2n) is 11.7. The third-order valence-electron chi connectivity index (χ3n) is 8.76. The van der Waals surface area contributed by atoms with E-state index in [0.717, 1.165) is 38.2 Å². The number of β-lactam (4-membered cyclic amide) rings is 1. The van der Waals surface area contributed by atoms with Crippen LogP contribution in [0.1, 0.15) is 28.4 Å². The van der Waals surface area contributed by atoms with E-state index in [9.17, 15) is 4.79 Å². The summed E-state index contributed by atoms with van der Waals surface area (Å²) in [5.41, 5.74) is 3.94. The van der Waals surface area contributed by atoms with Crippen LogP contribution in [0.3, 0.4) is 0 Å². The first-order valence-electron chi connectivity index (χ1n) is 15.2. The number of halogens is 1. The van der Waals surface area contributed by atoms with Gasteiger partial charge in [-0.05, 0) is 85.6 Å². The number of fused-ring (bicyclic) bond motifs is 4. The molecule has 1 fully saturated rings. The van der Waals surface area contributed by atoms with Gasteiger partial charge < -0.3 is 9.47 Å². The first-order chi connectivity index (χ1) is 22.5. The zero-order chi connectivity index (χ0) is 31.3. The minimum Gasteiger partial charge on any atom is -0.478 e. The third-order valence-corrected chi connectivity index (χ3v) is 10.3. The molecule has 3 atom stereocenters. The van der Waals surface area contributed by atoms with Crippen molar-refractivity contribution in [2.24, 2.45) is 0 Å². The normalized spacial score (nSPS) is 20.3. The van der Waals surface area contributed by atoms with Crippen molar-refractivity contribution in [3.05, 3.63) is 155 Å². The predicted molar refractivity (Wildman–Crippen MR) is 184 cm³/mol. The molecule has 0 saturated carbocycles. The maximum Gasteiger partial charge on any atom is 0.271 e. The molecule has 3 heterocycles. The van der Waals surface area contributed by atoms with Gasteiger partial charge in [0.15, 0.2) is 0 Å². The fourth-order valence-electron chi connectivity index (χ4n) is 6.62. The van der Waals surface area contributed by atoms with Crippen molar-refractivity contribution >= 4 is 45.9 Å². The van der Waals surface area contributed by atoms with Crippen LogP contribution in [0.2, 0.25) is 5.02 Å². The summed E-state index contributed by atoms with van der Waals surface area (Å²) in [4.78, 5) is 22.3. The van der Waals surface area contributed by atoms with Crippen LogP contribution < -0.4 is 14.4 Å². The minimum absolute atomic E-state index is 0.0828. The fraction of sp³-hybridized carbons (Fsp3) is 0.128. The second kappa shape index (κ2) is 11.5. The Hall–Kier alpha value is -4.78. The molecule has 46 heavy (non-hydrogen) atoms. The van der Waals surface area contributed by atoms with Crippen LogP contribution in [0, 0.1) is 6.92 Å². The van der Waals surface area contributed by atoms with Crippen LogP contribution >= 0.6 is 23.4 Å². The Kier molecular flexibility index (Phi) is 7.19. The smallest absolute Gasteiger partial charge is 0.271 e. The summed E-state index contributed by atoms with van der Waals surface area (Å²) in [6, 6.07) is 43.7. The molecule has 8 rings (SSSR count). The van der Waals surface area contributed by atoms with E-state index in [1.54, 1.807) is 11.8 Å². The number of hydrogen-bond acceptors (Lipinski definition) is 5. The van der Waals surface area contributed by atoms with Crippen LogP contribution in [0.25, 0.3) is 10.9 Å². The van der Waals surface area contributed by atoms with E-state index in [2.05, 4.69) is 31.2 Å². The molecule has 0 aliphatic carbocycles. The maximum atomic E-state index is 14.3. The molecule has 1 aromatic heterocycles. The number of aromatic nitrogens is 1. The lowest BCUT2D eigenvalue weighted by atomic mass is 9.70. The molecule has 226 valence electrons. The van der Waals surface area contributed by atoms with Crippen molar-refractivity contribution in [1.29, 1.82) is 0 Å². The van der Waals surface area contributed by atoms with E-state index in [1.165, 1.54) is 0 Å².